The number of hydrogen-bond donors (Lipinski definition) is 2. The average Bonchev–Trinajstić information content (AvgIpc) is 2.29. The molecule has 1 heterocycles. The highest BCUT2D eigenvalue weighted by atomic mass is 32.2. The van der Waals surface area contributed by atoms with E-state index in [-0.39, 0.29) is 23.7 Å². The molecule has 7 heteroatoms. The van der Waals surface area contributed by atoms with E-state index in [1.165, 1.54) is 22.8 Å². The Balaban J connectivity index is 3.12. The van der Waals surface area contributed by atoms with E-state index in [1.54, 1.807) is 0 Å². The van der Waals surface area contributed by atoms with Crippen molar-refractivity contribution in [3.05, 3.63) is 18.5 Å². The third-order valence-corrected chi connectivity index (χ3v) is 4.20. The minimum absolute atomic E-state index is 0.0121. The number of nitrogens with zero attached hydrogens (tertiary/aromatic N) is 2. The second-order valence-corrected chi connectivity index (χ2v) is 5.45. The highest BCUT2D eigenvalue weighted by Gasteiger charge is 2.25. The molecule has 96 valence electrons. The molecule has 0 aromatic carbocycles. The van der Waals surface area contributed by atoms with Gasteiger partial charge in [0.25, 0.3) is 0 Å². The van der Waals surface area contributed by atoms with Crippen LogP contribution in [0.4, 0.5) is 5.69 Å². The molecule has 0 saturated carbocycles. The first-order chi connectivity index (χ1) is 8.04. The zero-order valence-corrected chi connectivity index (χ0v) is 10.5. The van der Waals surface area contributed by atoms with Crippen LogP contribution in [0.15, 0.2) is 23.4 Å². The number of nitrogens with two attached hydrogens (primary N) is 1. The molecule has 1 aromatic rings. The summed E-state index contributed by atoms with van der Waals surface area (Å²) in [5, 5.41) is 8.89. The fourth-order valence-electron chi connectivity index (χ4n) is 1.46. The summed E-state index contributed by atoms with van der Waals surface area (Å²) in [6.45, 7) is 2.05. The normalized spacial score (nSPS) is 11.9. The summed E-state index contributed by atoms with van der Waals surface area (Å²) in [6.07, 6.45) is 3.33. The number of aliphatic hydroxyl groups is 1. The summed E-state index contributed by atoms with van der Waals surface area (Å²) < 4.78 is 25.7. The maximum absolute atomic E-state index is 12.2. The molecule has 6 nitrogen and oxygen atoms in total. The van der Waals surface area contributed by atoms with Crippen LogP contribution in [-0.2, 0) is 10.0 Å². The summed E-state index contributed by atoms with van der Waals surface area (Å²) in [5.41, 5.74) is 5.79. The Morgan fingerprint density at radius 1 is 1.47 bits per heavy atom. The summed E-state index contributed by atoms with van der Waals surface area (Å²) in [7, 11) is -3.67. The maximum atomic E-state index is 12.2. The van der Waals surface area contributed by atoms with E-state index < -0.39 is 10.0 Å². The van der Waals surface area contributed by atoms with Crippen LogP contribution in [-0.4, -0.2) is 42.5 Å². The van der Waals surface area contributed by atoms with Gasteiger partial charge < -0.3 is 10.8 Å². The maximum Gasteiger partial charge on any atom is 0.246 e. The lowest BCUT2D eigenvalue weighted by Gasteiger charge is -2.21. The molecule has 17 heavy (non-hydrogen) atoms. The van der Waals surface area contributed by atoms with Crippen LogP contribution in [0.1, 0.15) is 13.3 Å². The van der Waals surface area contributed by atoms with Crippen molar-refractivity contribution in [3.63, 3.8) is 0 Å². The van der Waals surface area contributed by atoms with Gasteiger partial charge in [-0.05, 0) is 12.5 Å². The number of aromatic nitrogens is 1. The van der Waals surface area contributed by atoms with Gasteiger partial charge in [0.05, 0.1) is 12.3 Å². The Labute approximate surface area is 101 Å². The lowest BCUT2D eigenvalue weighted by molar-refractivity contribution is 0.253. The van der Waals surface area contributed by atoms with E-state index in [2.05, 4.69) is 4.98 Å². The first kappa shape index (κ1) is 13.9. The summed E-state index contributed by atoms with van der Waals surface area (Å²) in [6, 6.07) is 1.44. The van der Waals surface area contributed by atoms with Crippen LogP contribution in [0, 0.1) is 0 Å². The molecule has 0 atom stereocenters. The minimum Gasteiger partial charge on any atom is -0.398 e. The minimum atomic E-state index is -3.67. The number of sulfonamides is 1. The Morgan fingerprint density at radius 3 is 2.71 bits per heavy atom. The predicted molar refractivity (Wildman–Crippen MR) is 64.8 cm³/mol. The molecule has 0 spiro atoms. The van der Waals surface area contributed by atoms with Gasteiger partial charge in [0.1, 0.15) is 4.90 Å². The third kappa shape index (κ3) is 3.15. The zero-order valence-electron chi connectivity index (χ0n) is 9.70. The van der Waals surface area contributed by atoms with Crippen molar-refractivity contribution in [2.24, 2.45) is 0 Å². The van der Waals surface area contributed by atoms with Gasteiger partial charge in [-0.15, -0.1) is 0 Å². The lowest BCUT2D eigenvalue weighted by Crippen LogP contribution is -2.34. The van der Waals surface area contributed by atoms with Gasteiger partial charge in [-0.3, -0.25) is 4.98 Å². The van der Waals surface area contributed by atoms with E-state index in [0.29, 0.717) is 13.0 Å². The molecule has 0 aliphatic heterocycles. The first-order valence-electron chi connectivity index (χ1n) is 5.34. The highest BCUT2D eigenvalue weighted by molar-refractivity contribution is 7.89. The first-order valence-corrected chi connectivity index (χ1v) is 6.78. The van der Waals surface area contributed by atoms with Gasteiger partial charge in [-0.25, -0.2) is 8.42 Å². The van der Waals surface area contributed by atoms with Crippen molar-refractivity contribution in [2.75, 3.05) is 25.4 Å². The van der Waals surface area contributed by atoms with E-state index >= 15 is 0 Å². The topological polar surface area (TPSA) is 96.5 Å². The fraction of sp³-hybridized carbons (Fsp3) is 0.500. The summed E-state index contributed by atoms with van der Waals surface area (Å²) >= 11 is 0. The molecule has 0 saturated heterocycles. The van der Waals surface area contributed by atoms with Gasteiger partial charge in [0.2, 0.25) is 10.0 Å². The zero-order chi connectivity index (χ0) is 12.9. The average molecular weight is 259 g/mol. The van der Waals surface area contributed by atoms with Crippen LogP contribution >= 0.6 is 0 Å². The van der Waals surface area contributed by atoms with Gasteiger partial charge in [-0.1, -0.05) is 6.92 Å². The second-order valence-electron chi connectivity index (χ2n) is 3.54. The summed E-state index contributed by atoms with van der Waals surface area (Å²) in [5.74, 6) is 0. The molecular weight excluding hydrogens is 242 g/mol. The monoisotopic (exact) mass is 259 g/mol. The molecule has 0 unspecified atom stereocenters. The quantitative estimate of drug-likeness (QED) is 0.753. The third-order valence-electron chi connectivity index (χ3n) is 2.26. The predicted octanol–water partition coefficient (Wildman–Crippen LogP) is 0.0568. The Hall–Kier alpha value is -1.18. The van der Waals surface area contributed by atoms with Crippen molar-refractivity contribution >= 4 is 15.7 Å². The molecular formula is C10H17N3O3S. The lowest BCUT2D eigenvalue weighted by atomic mass is 10.4. The van der Waals surface area contributed by atoms with Crippen LogP contribution in [0.2, 0.25) is 0 Å². The van der Waals surface area contributed by atoms with Crippen LogP contribution in [0.3, 0.4) is 0 Å². The Bertz CT molecular complexity index is 456. The molecule has 0 bridgehead atoms. The fourth-order valence-corrected chi connectivity index (χ4v) is 3.04. The van der Waals surface area contributed by atoms with Gasteiger partial charge in [0, 0.05) is 25.5 Å². The molecule has 0 aliphatic rings. The SMILES string of the molecule is CCCN(CCO)S(=O)(=O)c1cnccc1N. The molecule has 0 radical (unpaired) electrons. The molecule has 0 fully saturated rings. The number of rotatable bonds is 6. The molecule has 0 aliphatic carbocycles. The van der Waals surface area contributed by atoms with E-state index in [1.807, 2.05) is 6.92 Å². The molecule has 1 rings (SSSR count). The van der Waals surface area contributed by atoms with Gasteiger partial charge in [0.15, 0.2) is 0 Å². The number of nitrogen functional groups attached to an aromatic ring is 1. The standard InChI is InChI=1S/C10H17N3O3S/c1-2-5-13(6-7-14)17(15,16)10-8-12-4-3-9(10)11/h3-4,8,14H,2,5-7H2,1H3,(H2,11,12). The van der Waals surface area contributed by atoms with Crippen molar-refractivity contribution < 1.29 is 13.5 Å². The van der Waals surface area contributed by atoms with Crippen LogP contribution in [0.25, 0.3) is 0 Å². The van der Waals surface area contributed by atoms with Crippen molar-refractivity contribution in [3.8, 4) is 0 Å². The number of aliphatic hydroxyl groups excluding tert-OH is 1. The van der Waals surface area contributed by atoms with Crippen molar-refractivity contribution in [1.29, 1.82) is 0 Å². The number of pyridine rings is 1. The second kappa shape index (κ2) is 5.95. The highest BCUT2D eigenvalue weighted by Crippen LogP contribution is 2.20. The summed E-state index contributed by atoms with van der Waals surface area (Å²) in [4.78, 5) is 3.75. The van der Waals surface area contributed by atoms with E-state index in [9.17, 15) is 8.42 Å². The Morgan fingerprint density at radius 2 is 2.18 bits per heavy atom. The van der Waals surface area contributed by atoms with E-state index in [0.717, 1.165) is 0 Å². The molecule has 0 amide bonds. The van der Waals surface area contributed by atoms with Crippen LogP contribution < -0.4 is 5.73 Å². The smallest absolute Gasteiger partial charge is 0.246 e. The van der Waals surface area contributed by atoms with Gasteiger partial charge in [-0.2, -0.15) is 4.31 Å². The molecule has 1 aromatic heterocycles. The van der Waals surface area contributed by atoms with Crippen LogP contribution in [0.5, 0.6) is 0 Å². The largest absolute Gasteiger partial charge is 0.398 e. The van der Waals surface area contributed by atoms with Crippen molar-refractivity contribution in [2.45, 2.75) is 18.2 Å². The number of anilines is 1. The van der Waals surface area contributed by atoms with E-state index in [4.69, 9.17) is 10.8 Å². The Kier molecular flexibility index (Phi) is 4.86. The van der Waals surface area contributed by atoms with Crippen molar-refractivity contribution in [1.82, 2.24) is 9.29 Å². The number of hydrogen-bond acceptors (Lipinski definition) is 5. The molecule has 3 N–H and O–H groups in total. The van der Waals surface area contributed by atoms with Gasteiger partial charge >= 0.3 is 0 Å².